The molecule has 0 heterocycles. The summed E-state index contributed by atoms with van der Waals surface area (Å²) in [6.07, 6.45) is 4.60. The summed E-state index contributed by atoms with van der Waals surface area (Å²) in [5, 5.41) is 0. The number of benzene rings is 1. The van der Waals surface area contributed by atoms with Crippen molar-refractivity contribution in [2.24, 2.45) is 0 Å². The Kier molecular flexibility index (Phi) is 14.0. The molecule has 0 nitrogen and oxygen atoms in total. The fourth-order valence-electron chi connectivity index (χ4n) is 1.03. The Morgan fingerprint density at radius 3 is 1.93 bits per heavy atom. The van der Waals surface area contributed by atoms with Crippen molar-refractivity contribution in [3.63, 3.8) is 0 Å². The van der Waals surface area contributed by atoms with Gasteiger partial charge in [-0.1, -0.05) is 58.5 Å². The fourth-order valence-corrected chi connectivity index (χ4v) is 1.03. The standard InChI is InChI=1S/C10H14.C3H4.2CH4/c1-8(2)10-6-4-5-9(3)7-10;1-3-2;;/h4-8H,1-3H3;1H,2H3;2*1H4. The van der Waals surface area contributed by atoms with Crippen LogP contribution in [0.4, 0.5) is 0 Å². The van der Waals surface area contributed by atoms with Gasteiger partial charge in [-0.25, -0.2) is 0 Å². The first kappa shape index (κ1) is 19.4. The molecule has 1 aromatic rings. The molecule has 0 saturated heterocycles. The van der Waals surface area contributed by atoms with Crippen LogP contribution in [0.1, 0.15) is 52.7 Å². The van der Waals surface area contributed by atoms with Gasteiger partial charge in [-0.15, -0.1) is 12.3 Å². The molecule has 0 N–H and O–H groups in total. The molecule has 0 aliphatic rings. The van der Waals surface area contributed by atoms with Crippen molar-refractivity contribution in [1.29, 1.82) is 0 Å². The number of hydrogen-bond donors (Lipinski definition) is 0. The Morgan fingerprint density at radius 2 is 1.67 bits per heavy atom. The lowest BCUT2D eigenvalue weighted by molar-refractivity contribution is 0.865. The zero-order valence-corrected chi connectivity index (χ0v) is 8.96. The molecular formula is C15H26. The average Bonchev–Trinajstić information content (AvgIpc) is 2.05. The number of terminal acetylenes is 1. The zero-order chi connectivity index (χ0) is 10.3. The third-order valence-corrected chi connectivity index (χ3v) is 1.71. The van der Waals surface area contributed by atoms with Crippen LogP contribution < -0.4 is 0 Å². The summed E-state index contributed by atoms with van der Waals surface area (Å²) >= 11 is 0. The van der Waals surface area contributed by atoms with Crippen molar-refractivity contribution in [1.82, 2.24) is 0 Å². The van der Waals surface area contributed by atoms with E-state index in [1.54, 1.807) is 6.92 Å². The van der Waals surface area contributed by atoms with E-state index in [0.29, 0.717) is 5.92 Å². The van der Waals surface area contributed by atoms with Crippen molar-refractivity contribution in [3.05, 3.63) is 35.4 Å². The highest BCUT2D eigenvalue weighted by Crippen LogP contribution is 2.14. The third kappa shape index (κ3) is 9.09. The van der Waals surface area contributed by atoms with E-state index in [-0.39, 0.29) is 14.9 Å². The van der Waals surface area contributed by atoms with Gasteiger partial charge in [0.25, 0.3) is 0 Å². The smallest absolute Gasteiger partial charge is 0.00297 e. The lowest BCUT2D eigenvalue weighted by Crippen LogP contribution is -1.86. The van der Waals surface area contributed by atoms with Gasteiger partial charge in [0.2, 0.25) is 0 Å². The van der Waals surface area contributed by atoms with Crippen molar-refractivity contribution in [2.75, 3.05) is 0 Å². The molecule has 0 aliphatic heterocycles. The highest BCUT2D eigenvalue weighted by Gasteiger charge is 1.96. The van der Waals surface area contributed by atoms with E-state index in [2.05, 4.69) is 57.4 Å². The first-order valence-corrected chi connectivity index (χ1v) is 4.55. The van der Waals surface area contributed by atoms with Crippen LogP contribution in [0.3, 0.4) is 0 Å². The number of hydrogen-bond acceptors (Lipinski definition) is 0. The minimum atomic E-state index is 0. The van der Waals surface area contributed by atoms with E-state index in [1.165, 1.54) is 11.1 Å². The van der Waals surface area contributed by atoms with Crippen LogP contribution in [0, 0.1) is 19.3 Å². The van der Waals surface area contributed by atoms with E-state index in [1.807, 2.05) is 0 Å². The molecule has 0 aromatic heterocycles. The van der Waals surface area contributed by atoms with Crippen molar-refractivity contribution >= 4 is 0 Å². The largest absolute Gasteiger partial charge is 0.120 e. The monoisotopic (exact) mass is 206 g/mol. The van der Waals surface area contributed by atoms with Crippen LogP contribution >= 0.6 is 0 Å². The minimum absolute atomic E-state index is 0. The maximum atomic E-state index is 4.60. The van der Waals surface area contributed by atoms with Gasteiger partial charge in [0.15, 0.2) is 0 Å². The minimum Gasteiger partial charge on any atom is -0.120 e. The van der Waals surface area contributed by atoms with E-state index in [0.717, 1.165) is 0 Å². The molecule has 0 amide bonds. The molecule has 0 heteroatoms. The second-order valence-corrected chi connectivity index (χ2v) is 3.36. The number of aryl methyl sites for hydroxylation is 1. The Bertz CT molecular complexity index is 276. The van der Waals surface area contributed by atoms with Crippen LogP contribution in [0.15, 0.2) is 24.3 Å². The van der Waals surface area contributed by atoms with Crippen LogP contribution in [0.5, 0.6) is 0 Å². The lowest BCUT2D eigenvalue weighted by atomic mass is 10.0. The van der Waals surface area contributed by atoms with Gasteiger partial charge < -0.3 is 0 Å². The fraction of sp³-hybridized carbons (Fsp3) is 0.467. The predicted octanol–water partition coefficient (Wildman–Crippen LogP) is 5.03. The molecule has 0 atom stereocenters. The molecule has 0 spiro atoms. The molecule has 15 heavy (non-hydrogen) atoms. The van der Waals surface area contributed by atoms with Gasteiger partial charge in [0, 0.05) is 0 Å². The van der Waals surface area contributed by atoms with E-state index in [9.17, 15) is 0 Å². The van der Waals surface area contributed by atoms with E-state index < -0.39 is 0 Å². The van der Waals surface area contributed by atoms with Gasteiger partial charge in [0.1, 0.15) is 0 Å². The van der Waals surface area contributed by atoms with Crippen molar-refractivity contribution in [2.45, 2.75) is 48.5 Å². The first-order valence-electron chi connectivity index (χ1n) is 4.55. The second-order valence-electron chi connectivity index (χ2n) is 3.36. The molecule has 1 aromatic carbocycles. The summed E-state index contributed by atoms with van der Waals surface area (Å²) in [7, 11) is 0. The summed E-state index contributed by atoms with van der Waals surface area (Å²) in [5.74, 6) is 2.90. The molecule has 0 aliphatic carbocycles. The lowest BCUT2D eigenvalue weighted by Gasteiger charge is -2.04. The Labute approximate surface area is 96.7 Å². The predicted molar refractivity (Wildman–Crippen MR) is 73.2 cm³/mol. The van der Waals surface area contributed by atoms with E-state index >= 15 is 0 Å². The summed E-state index contributed by atoms with van der Waals surface area (Å²) in [5.41, 5.74) is 2.78. The normalized spacial score (nSPS) is 7.47. The van der Waals surface area contributed by atoms with Crippen LogP contribution in [-0.4, -0.2) is 0 Å². The molecule has 0 saturated carbocycles. The van der Waals surface area contributed by atoms with Gasteiger partial charge in [0.05, 0.1) is 0 Å². The topological polar surface area (TPSA) is 0 Å². The van der Waals surface area contributed by atoms with Crippen LogP contribution in [0.25, 0.3) is 0 Å². The quantitative estimate of drug-likeness (QED) is 0.565. The number of rotatable bonds is 1. The molecular weight excluding hydrogens is 180 g/mol. The second kappa shape index (κ2) is 10.9. The Morgan fingerprint density at radius 1 is 1.20 bits per heavy atom. The Balaban J connectivity index is -0.000000260. The summed E-state index contributed by atoms with van der Waals surface area (Å²) in [4.78, 5) is 0. The van der Waals surface area contributed by atoms with Gasteiger partial charge >= 0.3 is 0 Å². The maximum Gasteiger partial charge on any atom is -0.00297 e. The SMILES string of the molecule is C.C.C#CC.Cc1cccc(C(C)C)c1. The van der Waals surface area contributed by atoms with E-state index in [4.69, 9.17) is 0 Å². The van der Waals surface area contributed by atoms with Crippen LogP contribution in [-0.2, 0) is 0 Å². The molecule has 0 bridgehead atoms. The van der Waals surface area contributed by atoms with Gasteiger partial charge in [-0.2, -0.15) is 0 Å². The Hall–Kier alpha value is -1.22. The van der Waals surface area contributed by atoms with Gasteiger partial charge in [-0.05, 0) is 25.3 Å². The summed E-state index contributed by atoms with van der Waals surface area (Å²) in [6.45, 7) is 8.22. The highest BCUT2D eigenvalue weighted by atomic mass is 14.0. The molecule has 0 radical (unpaired) electrons. The van der Waals surface area contributed by atoms with Crippen molar-refractivity contribution < 1.29 is 0 Å². The van der Waals surface area contributed by atoms with Crippen LogP contribution in [0.2, 0.25) is 0 Å². The molecule has 0 unspecified atom stereocenters. The van der Waals surface area contributed by atoms with Crippen molar-refractivity contribution in [3.8, 4) is 12.3 Å². The third-order valence-electron chi connectivity index (χ3n) is 1.71. The molecule has 0 fully saturated rings. The maximum absolute atomic E-state index is 4.60. The zero-order valence-electron chi connectivity index (χ0n) is 8.96. The van der Waals surface area contributed by atoms with Gasteiger partial charge in [-0.3, -0.25) is 0 Å². The average molecular weight is 206 g/mol. The summed E-state index contributed by atoms with van der Waals surface area (Å²) < 4.78 is 0. The summed E-state index contributed by atoms with van der Waals surface area (Å²) in [6, 6.07) is 8.67. The molecule has 86 valence electrons. The highest BCUT2D eigenvalue weighted by molar-refractivity contribution is 5.24. The first-order chi connectivity index (χ1) is 6.11. The molecule has 1 rings (SSSR count).